The minimum atomic E-state index is -0.0515. The molecule has 0 amide bonds. The van der Waals surface area contributed by atoms with Crippen molar-refractivity contribution in [3.63, 3.8) is 0 Å². The van der Waals surface area contributed by atoms with Gasteiger partial charge >= 0.3 is 0 Å². The van der Waals surface area contributed by atoms with Crippen molar-refractivity contribution in [2.45, 2.75) is 20.4 Å². The van der Waals surface area contributed by atoms with Gasteiger partial charge in [-0.05, 0) is 31.5 Å². The molecule has 0 bridgehead atoms. The molecule has 1 aromatic heterocycles. The molecule has 0 unspecified atom stereocenters. The highest BCUT2D eigenvalue weighted by atomic mass is 16.1. The summed E-state index contributed by atoms with van der Waals surface area (Å²) in [5.41, 5.74) is 2.27. The highest BCUT2D eigenvalue weighted by molar-refractivity contribution is 5.31. The summed E-state index contributed by atoms with van der Waals surface area (Å²) in [5.74, 6) is 0.698. The summed E-state index contributed by atoms with van der Waals surface area (Å²) in [7, 11) is 0. The Kier molecular flexibility index (Phi) is 3.24. The summed E-state index contributed by atoms with van der Waals surface area (Å²) in [6.45, 7) is 4.10. The van der Waals surface area contributed by atoms with Gasteiger partial charge in [0.2, 0.25) is 0 Å². The summed E-state index contributed by atoms with van der Waals surface area (Å²) in [6, 6.07) is 10.8. The molecular formula is C14H13N3O. The Bertz CT molecular complexity index is 663. The van der Waals surface area contributed by atoms with Crippen LogP contribution in [0.3, 0.4) is 0 Å². The molecular weight excluding hydrogens is 226 g/mol. The second kappa shape index (κ2) is 4.84. The van der Waals surface area contributed by atoms with Gasteiger partial charge in [-0.2, -0.15) is 5.26 Å². The normalized spacial score (nSPS) is 10.1. The topological polar surface area (TPSA) is 58.7 Å². The van der Waals surface area contributed by atoms with E-state index in [0.29, 0.717) is 17.9 Å². The van der Waals surface area contributed by atoms with Gasteiger partial charge in [0.15, 0.2) is 0 Å². The third-order valence-electron chi connectivity index (χ3n) is 2.75. The van der Waals surface area contributed by atoms with Crippen LogP contribution in [0, 0.1) is 25.2 Å². The van der Waals surface area contributed by atoms with Gasteiger partial charge < -0.3 is 0 Å². The first-order valence-corrected chi connectivity index (χ1v) is 5.64. The van der Waals surface area contributed by atoms with E-state index in [1.165, 1.54) is 6.07 Å². The smallest absolute Gasteiger partial charge is 0.254 e. The molecule has 0 N–H and O–H groups in total. The third kappa shape index (κ3) is 2.46. The van der Waals surface area contributed by atoms with Crippen LogP contribution in [0.5, 0.6) is 0 Å². The predicted molar refractivity (Wildman–Crippen MR) is 68.2 cm³/mol. The molecule has 2 rings (SSSR count). The number of hydrogen-bond donors (Lipinski definition) is 0. The Morgan fingerprint density at radius 2 is 1.94 bits per heavy atom. The van der Waals surface area contributed by atoms with Gasteiger partial charge in [-0.15, -0.1) is 0 Å². The lowest BCUT2D eigenvalue weighted by Gasteiger charge is -2.09. The molecule has 0 aliphatic heterocycles. The van der Waals surface area contributed by atoms with Gasteiger partial charge in [0.05, 0.1) is 18.2 Å². The highest BCUT2D eigenvalue weighted by Gasteiger charge is 2.04. The maximum atomic E-state index is 11.9. The first kappa shape index (κ1) is 12.1. The molecule has 0 aliphatic carbocycles. The molecule has 0 aliphatic rings. The molecule has 0 fully saturated rings. The van der Waals surface area contributed by atoms with Gasteiger partial charge in [0, 0.05) is 11.8 Å². The van der Waals surface area contributed by atoms with E-state index in [0.717, 1.165) is 11.3 Å². The van der Waals surface area contributed by atoms with Crippen molar-refractivity contribution < 1.29 is 0 Å². The Hall–Kier alpha value is -2.41. The van der Waals surface area contributed by atoms with Crippen molar-refractivity contribution in [1.29, 1.82) is 5.26 Å². The lowest BCUT2D eigenvalue weighted by molar-refractivity contribution is 0.694. The van der Waals surface area contributed by atoms with Crippen LogP contribution in [0.4, 0.5) is 0 Å². The SMILES string of the molecule is Cc1cc(=O)n(Cc2ccc(C#N)cc2)c(C)n1. The monoisotopic (exact) mass is 239 g/mol. The molecule has 0 atom stereocenters. The molecule has 1 heterocycles. The van der Waals surface area contributed by atoms with Crippen molar-refractivity contribution >= 4 is 0 Å². The van der Waals surface area contributed by atoms with Crippen LogP contribution in [0.25, 0.3) is 0 Å². The van der Waals surface area contributed by atoms with Crippen molar-refractivity contribution in [1.82, 2.24) is 9.55 Å². The molecule has 0 saturated heterocycles. The Labute approximate surface area is 105 Å². The molecule has 1 aromatic carbocycles. The Balaban J connectivity index is 2.34. The van der Waals surface area contributed by atoms with Crippen LogP contribution in [0.15, 0.2) is 35.1 Å². The summed E-state index contributed by atoms with van der Waals surface area (Å²) < 4.78 is 1.62. The number of hydrogen-bond acceptors (Lipinski definition) is 3. The minimum Gasteiger partial charge on any atom is -0.292 e. The number of nitriles is 1. The van der Waals surface area contributed by atoms with Crippen LogP contribution in [-0.2, 0) is 6.54 Å². The third-order valence-corrected chi connectivity index (χ3v) is 2.75. The van der Waals surface area contributed by atoms with Crippen LogP contribution >= 0.6 is 0 Å². The van der Waals surface area contributed by atoms with E-state index in [1.54, 1.807) is 23.6 Å². The fourth-order valence-corrected chi connectivity index (χ4v) is 1.82. The predicted octanol–water partition coefficient (Wildman–Crippen LogP) is 1.78. The van der Waals surface area contributed by atoms with Gasteiger partial charge in [0.25, 0.3) is 5.56 Å². The number of rotatable bonds is 2. The largest absolute Gasteiger partial charge is 0.292 e. The average molecular weight is 239 g/mol. The second-order valence-electron chi connectivity index (χ2n) is 4.18. The zero-order chi connectivity index (χ0) is 13.1. The Morgan fingerprint density at radius 1 is 1.28 bits per heavy atom. The zero-order valence-corrected chi connectivity index (χ0v) is 10.3. The summed E-state index contributed by atoms with van der Waals surface area (Å²) in [4.78, 5) is 16.1. The Morgan fingerprint density at radius 3 is 2.50 bits per heavy atom. The van der Waals surface area contributed by atoms with Gasteiger partial charge in [-0.3, -0.25) is 9.36 Å². The fraction of sp³-hybridized carbons (Fsp3) is 0.214. The maximum absolute atomic E-state index is 11.9. The molecule has 0 saturated carbocycles. The maximum Gasteiger partial charge on any atom is 0.254 e. The van der Waals surface area contributed by atoms with Crippen LogP contribution in [-0.4, -0.2) is 9.55 Å². The fourth-order valence-electron chi connectivity index (χ4n) is 1.82. The summed E-state index contributed by atoms with van der Waals surface area (Å²) >= 11 is 0. The number of benzene rings is 1. The van der Waals surface area contributed by atoms with Crippen LogP contribution < -0.4 is 5.56 Å². The van der Waals surface area contributed by atoms with Crippen molar-refractivity contribution in [2.75, 3.05) is 0 Å². The average Bonchev–Trinajstić information content (AvgIpc) is 2.34. The first-order valence-electron chi connectivity index (χ1n) is 5.64. The highest BCUT2D eigenvalue weighted by Crippen LogP contribution is 2.05. The van der Waals surface area contributed by atoms with E-state index in [-0.39, 0.29) is 5.56 Å². The first-order chi connectivity index (χ1) is 8.60. The van der Waals surface area contributed by atoms with Crippen molar-refractivity contribution in [3.05, 3.63) is 63.3 Å². The minimum absolute atomic E-state index is 0.0515. The summed E-state index contributed by atoms with van der Waals surface area (Å²) in [5, 5.41) is 8.72. The van der Waals surface area contributed by atoms with E-state index in [1.807, 2.05) is 19.1 Å². The lowest BCUT2D eigenvalue weighted by Crippen LogP contribution is -2.24. The van der Waals surface area contributed by atoms with E-state index in [9.17, 15) is 4.79 Å². The number of aryl methyl sites for hydroxylation is 2. The zero-order valence-electron chi connectivity index (χ0n) is 10.3. The molecule has 2 aromatic rings. The second-order valence-corrected chi connectivity index (χ2v) is 4.18. The quantitative estimate of drug-likeness (QED) is 0.802. The van der Waals surface area contributed by atoms with Gasteiger partial charge in [-0.1, -0.05) is 12.1 Å². The molecule has 4 heteroatoms. The van der Waals surface area contributed by atoms with E-state index < -0.39 is 0 Å². The molecule has 4 nitrogen and oxygen atoms in total. The van der Waals surface area contributed by atoms with Crippen LogP contribution in [0.2, 0.25) is 0 Å². The summed E-state index contributed by atoms with van der Waals surface area (Å²) in [6.07, 6.45) is 0. The van der Waals surface area contributed by atoms with Crippen molar-refractivity contribution in [2.24, 2.45) is 0 Å². The van der Waals surface area contributed by atoms with E-state index in [2.05, 4.69) is 11.1 Å². The lowest BCUT2D eigenvalue weighted by atomic mass is 10.1. The molecule has 18 heavy (non-hydrogen) atoms. The standard InChI is InChI=1S/C14H13N3O/c1-10-7-14(18)17(11(2)16-10)9-13-5-3-12(8-15)4-6-13/h3-7H,9H2,1-2H3. The molecule has 0 radical (unpaired) electrons. The van der Waals surface area contributed by atoms with Gasteiger partial charge in [-0.25, -0.2) is 4.98 Å². The van der Waals surface area contributed by atoms with E-state index in [4.69, 9.17) is 5.26 Å². The number of aromatic nitrogens is 2. The molecule has 90 valence electrons. The van der Waals surface area contributed by atoms with Crippen LogP contribution in [0.1, 0.15) is 22.6 Å². The van der Waals surface area contributed by atoms with E-state index >= 15 is 0 Å². The van der Waals surface area contributed by atoms with Gasteiger partial charge in [0.1, 0.15) is 5.82 Å². The number of nitrogens with zero attached hydrogens (tertiary/aromatic N) is 3. The molecule has 0 spiro atoms. The van der Waals surface area contributed by atoms with Crippen molar-refractivity contribution in [3.8, 4) is 6.07 Å².